The van der Waals surface area contributed by atoms with E-state index in [1.54, 1.807) is 0 Å². The lowest BCUT2D eigenvalue weighted by Crippen LogP contribution is -2.30. The van der Waals surface area contributed by atoms with Gasteiger partial charge in [0.2, 0.25) is 5.82 Å². The van der Waals surface area contributed by atoms with Crippen molar-refractivity contribution in [3.05, 3.63) is 23.3 Å². The van der Waals surface area contributed by atoms with Crippen molar-refractivity contribution in [2.24, 2.45) is 0 Å². The number of amides is 1. The van der Waals surface area contributed by atoms with Crippen LogP contribution in [0.3, 0.4) is 0 Å². The number of aryl methyl sites for hydroxylation is 1. The van der Waals surface area contributed by atoms with E-state index in [1.807, 2.05) is 0 Å². The number of aromatic nitrogens is 3. The Morgan fingerprint density at radius 1 is 1.56 bits per heavy atom. The largest absolute Gasteiger partial charge is 0.346 e. The summed E-state index contributed by atoms with van der Waals surface area (Å²) < 4.78 is 0. The van der Waals surface area contributed by atoms with Crippen molar-refractivity contribution in [2.75, 3.05) is 19.6 Å². The number of nitrogens with one attached hydrogen (secondary N) is 3. The second kappa shape index (κ2) is 6.30. The summed E-state index contributed by atoms with van der Waals surface area (Å²) >= 11 is 0. The van der Waals surface area contributed by atoms with Crippen LogP contribution in [0.25, 0.3) is 0 Å². The summed E-state index contributed by atoms with van der Waals surface area (Å²) in [4.78, 5) is 16.0. The van der Waals surface area contributed by atoms with Gasteiger partial charge in [0, 0.05) is 19.5 Å². The fourth-order valence-corrected chi connectivity index (χ4v) is 1.85. The molecule has 1 aliphatic heterocycles. The molecule has 0 aromatic carbocycles. The van der Waals surface area contributed by atoms with Gasteiger partial charge >= 0.3 is 0 Å². The van der Waals surface area contributed by atoms with Crippen LogP contribution < -0.4 is 10.6 Å². The van der Waals surface area contributed by atoms with E-state index in [0.717, 1.165) is 38.2 Å². The number of rotatable bonds is 5. The summed E-state index contributed by atoms with van der Waals surface area (Å²) in [5.41, 5.74) is 1.26. The van der Waals surface area contributed by atoms with E-state index >= 15 is 0 Å². The van der Waals surface area contributed by atoms with Crippen molar-refractivity contribution in [2.45, 2.75) is 26.2 Å². The van der Waals surface area contributed by atoms with Gasteiger partial charge in [0.25, 0.3) is 5.91 Å². The average molecular weight is 249 g/mol. The van der Waals surface area contributed by atoms with Gasteiger partial charge in [-0.05, 0) is 19.4 Å². The van der Waals surface area contributed by atoms with Crippen molar-refractivity contribution in [1.82, 2.24) is 25.8 Å². The molecule has 3 N–H and O–H groups in total. The van der Waals surface area contributed by atoms with Crippen LogP contribution in [0.15, 0.2) is 11.6 Å². The average Bonchev–Trinajstić information content (AvgIpc) is 2.86. The zero-order valence-corrected chi connectivity index (χ0v) is 10.6. The Morgan fingerprint density at radius 3 is 3.17 bits per heavy atom. The normalized spacial score (nSPS) is 15.3. The van der Waals surface area contributed by atoms with Crippen LogP contribution >= 0.6 is 0 Å². The Labute approximate surface area is 106 Å². The van der Waals surface area contributed by atoms with Crippen LogP contribution in [0.2, 0.25) is 0 Å². The molecule has 0 aliphatic carbocycles. The van der Waals surface area contributed by atoms with Crippen LogP contribution in [0, 0.1) is 0 Å². The highest BCUT2D eigenvalue weighted by molar-refractivity contribution is 5.90. The Balaban J connectivity index is 1.84. The maximum absolute atomic E-state index is 11.8. The van der Waals surface area contributed by atoms with E-state index in [0.29, 0.717) is 6.54 Å². The maximum atomic E-state index is 11.8. The Bertz CT molecular complexity index is 437. The zero-order valence-electron chi connectivity index (χ0n) is 10.6. The molecule has 0 saturated heterocycles. The quantitative estimate of drug-likeness (QED) is 0.660. The van der Waals surface area contributed by atoms with Gasteiger partial charge in [-0.2, -0.15) is 0 Å². The van der Waals surface area contributed by atoms with Gasteiger partial charge in [-0.15, -0.1) is 5.10 Å². The molecule has 0 atom stereocenters. The van der Waals surface area contributed by atoms with Crippen LogP contribution in [-0.2, 0) is 6.42 Å². The number of hydrogen-bond acceptors (Lipinski definition) is 4. The third-order valence-corrected chi connectivity index (χ3v) is 2.86. The first kappa shape index (κ1) is 12.8. The highest BCUT2D eigenvalue weighted by Crippen LogP contribution is 2.03. The second-order valence-corrected chi connectivity index (χ2v) is 4.35. The van der Waals surface area contributed by atoms with E-state index < -0.39 is 0 Å². The zero-order chi connectivity index (χ0) is 12.8. The van der Waals surface area contributed by atoms with Gasteiger partial charge in [0.1, 0.15) is 5.82 Å². The highest BCUT2D eigenvalue weighted by Gasteiger charge is 2.12. The predicted octanol–water partition coefficient (Wildman–Crippen LogP) is 0.407. The third kappa shape index (κ3) is 3.40. The Morgan fingerprint density at radius 2 is 2.44 bits per heavy atom. The van der Waals surface area contributed by atoms with Gasteiger partial charge in [-0.25, -0.2) is 4.98 Å². The van der Waals surface area contributed by atoms with E-state index in [-0.39, 0.29) is 11.7 Å². The Kier molecular flexibility index (Phi) is 4.46. The minimum Gasteiger partial charge on any atom is -0.346 e. The molecule has 18 heavy (non-hydrogen) atoms. The molecule has 2 rings (SSSR count). The van der Waals surface area contributed by atoms with Crippen molar-refractivity contribution in [3.8, 4) is 0 Å². The monoisotopic (exact) mass is 249 g/mol. The molecule has 1 aromatic heterocycles. The number of carbonyl (C=O) groups is 1. The lowest BCUT2D eigenvalue weighted by Gasteiger charge is -2.13. The summed E-state index contributed by atoms with van der Waals surface area (Å²) in [5, 5.41) is 12.8. The van der Waals surface area contributed by atoms with Crippen LogP contribution in [0.1, 0.15) is 36.2 Å². The SMILES string of the molecule is CCCc1nc(C(=O)NCC2=CCNCC2)n[nH]1. The van der Waals surface area contributed by atoms with Crippen molar-refractivity contribution in [3.63, 3.8) is 0 Å². The van der Waals surface area contributed by atoms with Gasteiger partial charge in [-0.1, -0.05) is 18.6 Å². The van der Waals surface area contributed by atoms with Gasteiger partial charge in [0.15, 0.2) is 0 Å². The number of aromatic amines is 1. The van der Waals surface area contributed by atoms with Crippen LogP contribution in [0.5, 0.6) is 0 Å². The molecule has 98 valence electrons. The molecule has 0 fully saturated rings. The summed E-state index contributed by atoms with van der Waals surface area (Å²) in [7, 11) is 0. The number of H-pyrrole nitrogens is 1. The molecule has 1 amide bonds. The molecular formula is C12H19N5O. The lowest BCUT2D eigenvalue weighted by molar-refractivity contribution is 0.0946. The van der Waals surface area contributed by atoms with Crippen molar-refractivity contribution < 1.29 is 4.79 Å². The van der Waals surface area contributed by atoms with E-state index in [9.17, 15) is 4.79 Å². The molecule has 0 bridgehead atoms. The first-order valence-corrected chi connectivity index (χ1v) is 6.37. The van der Waals surface area contributed by atoms with Gasteiger partial charge in [-0.3, -0.25) is 9.89 Å². The summed E-state index contributed by atoms with van der Waals surface area (Å²) in [6, 6.07) is 0. The molecule has 0 unspecified atom stereocenters. The summed E-state index contributed by atoms with van der Waals surface area (Å²) in [6.45, 7) is 4.50. The number of hydrogen-bond donors (Lipinski definition) is 3. The van der Waals surface area contributed by atoms with Crippen molar-refractivity contribution in [1.29, 1.82) is 0 Å². The first-order chi connectivity index (χ1) is 8.79. The maximum Gasteiger partial charge on any atom is 0.291 e. The predicted molar refractivity (Wildman–Crippen MR) is 68.3 cm³/mol. The van der Waals surface area contributed by atoms with Gasteiger partial charge in [0.05, 0.1) is 0 Å². The van der Waals surface area contributed by atoms with E-state index in [1.165, 1.54) is 5.57 Å². The van der Waals surface area contributed by atoms with Crippen LogP contribution in [-0.4, -0.2) is 40.7 Å². The Hall–Kier alpha value is -1.69. The van der Waals surface area contributed by atoms with E-state index in [4.69, 9.17) is 0 Å². The first-order valence-electron chi connectivity index (χ1n) is 6.37. The molecular weight excluding hydrogens is 230 g/mol. The molecule has 6 nitrogen and oxygen atoms in total. The fraction of sp³-hybridized carbons (Fsp3) is 0.583. The minimum absolute atomic E-state index is 0.215. The van der Waals surface area contributed by atoms with Crippen molar-refractivity contribution >= 4 is 5.91 Å². The standard InChI is InChI=1S/C12H19N5O/c1-2-3-10-15-11(17-16-10)12(18)14-8-9-4-6-13-7-5-9/h4,13H,2-3,5-8H2,1H3,(H,14,18)(H,15,16,17). The van der Waals surface area contributed by atoms with Gasteiger partial charge < -0.3 is 10.6 Å². The minimum atomic E-state index is -0.215. The molecule has 0 radical (unpaired) electrons. The van der Waals surface area contributed by atoms with Crippen LogP contribution in [0.4, 0.5) is 0 Å². The summed E-state index contributed by atoms with van der Waals surface area (Å²) in [6.07, 6.45) is 4.90. The summed E-state index contributed by atoms with van der Waals surface area (Å²) in [5.74, 6) is 0.782. The molecule has 2 heterocycles. The highest BCUT2D eigenvalue weighted by atomic mass is 16.2. The second-order valence-electron chi connectivity index (χ2n) is 4.35. The fourth-order valence-electron chi connectivity index (χ4n) is 1.85. The molecule has 6 heteroatoms. The molecule has 1 aliphatic rings. The third-order valence-electron chi connectivity index (χ3n) is 2.86. The number of carbonyl (C=O) groups excluding carboxylic acids is 1. The molecule has 0 saturated carbocycles. The number of nitrogens with zero attached hydrogens (tertiary/aromatic N) is 2. The topological polar surface area (TPSA) is 82.7 Å². The smallest absolute Gasteiger partial charge is 0.291 e. The van der Waals surface area contributed by atoms with E-state index in [2.05, 4.69) is 38.8 Å². The lowest BCUT2D eigenvalue weighted by atomic mass is 10.1. The molecule has 1 aromatic rings. The molecule has 0 spiro atoms.